The highest BCUT2D eigenvalue weighted by Crippen LogP contribution is 2.29. The number of nitrogens with two attached hydrogens (primary N) is 1. The molecular formula is C19H18ClN5O2S. The molecule has 3 rings (SSSR count). The number of thioether (sulfide) groups is 1. The number of anilines is 1. The molecule has 144 valence electrons. The number of Topliss-reactive ketones (excluding diaryl/α,β-unsaturated/α-hetero) is 1. The molecule has 1 heterocycles. The maximum atomic E-state index is 12.5. The molecule has 2 aromatic carbocycles. The Morgan fingerprint density at radius 3 is 2.46 bits per heavy atom. The number of ketones is 1. The van der Waals surface area contributed by atoms with Crippen LogP contribution in [0.15, 0.2) is 53.7 Å². The summed E-state index contributed by atoms with van der Waals surface area (Å²) in [6.07, 6.45) is 0. The third kappa shape index (κ3) is 4.35. The molecule has 0 aliphatic heterocycles. The third-order valence-electron chi connectivity index (χ3n) is 3.99. The maximum absolute atomic E-state index is 12.5. The Balaban J connectivity index is 1.69. The summed E-state index contributed by atoms with van der Waals surface area (Å²) < 4.78 is 1.32. The molecule has 0 saturated heterocycles. The van der Waals surface area contributed by atoms with Crippen molar-refractivity contribution in [2.75, 3.05) is 11.2 Å². The summed E-state index contributed by atoms with van der Waals surface area (Å²) in [5.74, 6) is 6.27. The molecule has 0 radical (unpaired) electrons. The van der Waals surface area contributed by atoms with Gasteiger partial charge in [0, 0.05) is 16.8 Å². The molecule has 0 saturated carbocycles. The number of aromatic nitrogens is 3. The van der Waals surface area contributed by atoms with Gasteiger partial charge in [-0.3, -0.25) is 9.59 Å². The van der Waals surface area contributed by atoms with Crippen LogP contribution in [-0.2, 0) is 4.79 Å². The van der Waals surface area contributed by atoms with Crippen LogP contribution < -0.4 is 11.2 Å². The molecule has 1 amide bonds. The normalized spacial score (nSPS) is 11.8. The highest BCUT2D eigenvalue weighted by atomic mass is 35.5. The summed E-state index contributed by atoms with van der Waals surface area (Å²) in [6, 6.07) is 13.9. The smallest absolute Gasteiger partial charge is 0.237 e. The molecule has 3 aromatic rings. The predicted octanol–water partition coefficient (Wildman–Crippen LogP) is 3.63. The molecule has 7 nitrogen and oxygen atoms in total. The molecule has 28 heavy (non-hydrogen) atoms. The second kappa shape index (κ2) is 8.45. The van der Waals surface area contributed by atoms with E-state index in [2.05, 4.69) is 15.5 Å². The van der Waals surface area contributed by atoms with E-state index in [4.69, 9.17) is 17.4 Å². The van der Waals surface area contributed by atoms with E-state index < -0.39 is 5.25 Å². The van der Waals surface area contributed by atoms with E-state index in [0.29, 0.717) is 32.8 Å². The average molecular weight is 416 g/mol. The minimum absolute atomic E-state index is 0.0293. The largest absolute Gasteiger partial charge is 0.335 e. The van der Waals surface area contributed by atoms with Gasteiger partial charge in [0.1, 0.15) is 0 Å². The van der Waals surface area contributed by atoms with Crippen molar-refractivity contribution in [3.63, 3.8) is 0 Å². The zero-order valence-electron chi connectivity index (χ0n) is 15.2. The molecule has 9 heteroatoms. The Bertz CT molecular complexity index is 1020. The van der Waals surface area contributed by atoms with Crippen molar-refractivity contribution < 1.29 is 9.59 Å². The molecule has 1 atom stereocenters. The topological polar surface area (TPSA) is 103 Å². The summed E-state index contributed by atoms with van der Waals surface area (Å²) in [5, 5.41) is 11.4. The molecule has 0 fully saturated rings. The summed E-state index contributed by atoms with van der Waals surface area (Å²) in [4.78, 5) is 23.8. The minimum Gasteiger partial charge on any atom is -0.335 e. The van der Waals surface area contributed by atoms with E-state index in [-0.39, 0.29) is 11.7 Å². The molecule has 1 aromatic heterocycles. The average Bonchev–Trinajstić information content (AvgIpc) is 3.03. The molecule has 3 N–H and O–H groups in total. The minimum atomic E-state index is -0.474. The van der Waals surface area contributed by atoms with Gasteiger partial charge in [0.2, 0.25) is 11.1 Å². The highest BCUT2D eigenvalue weighted by Gasteiger charge is 2.21. The van der Waals surface area contributed by atoms with Crippen molar-refractivity contribution in [3.05, 3.63) is 59.1 Å². The quantitative estimate of drug-likeness (QED) is 0.362. The van der Waals surface area contributed by atoms with E-state index in [0.717, 1.165) is 0 Å². The maximum Gasteiger partial charge on any atom is 0.237 e. The Labute approximate surface area is 171 Å². The van der Waals surface area contributed by atoms with Gasteiger partial charge >= 0.3 is 0 Å². The summed E-state index contributed by atoms with van der Waals surface area (Å²) in [5.41, 5.74) is 1.85. The Kier molecular flexibility index (Phi) is 6.01. The number of hydrogen-bond donors (Lipinski definition) is 2. The van der Waals surface area contributed by atoms with Crippen LogP contribution in [0.5, 0.6) is 0 Å². The van der Waals surface area contributed by atoms with Gasteiger partial charge in [0.15, 0.2) is 11.6 Å². The predicted molar refractivity (Wildman–Crippen MR) is 111 cm³/mol. The van der Waals surface area contributed by atoms with E-state index in [1.807, 2.05) is 12.1 Å². The lowest BCUT2D eigenvalue weighted by Gasteiger charge is -2.12. The first-order valence-electron chi connectivity index (χ1n) is 8.40. The Hall–Kier alpha value is -2.84. The second-order valence-corrected chi connectivity index (χ2v) is 7.75. The fourth-order valence-corrected chi connectivity index (χ4v) is 3.42. The van der Waals surface area contributed by atoms with E-state index in [1.165, 1.54) is 23.4 Å². The second-order valence-electron chi connectivity index (χ2n) is 6.04. The van der Waals surface area contributed by atoms with Crippen LogP contribution in [0.3, 0.4) is 0 Å². The first kappa shape index (κ1) is 19.9. The van der Waals surface area contributed by atoms with Crippen LogP contribution in [0.25, 0.3) is 11.4 Å². The van der Waals surface area contributed by atoms with Crippen molar-refractivity contribution in [2.45, 2.75) is 24.3 Å². The first-order chi connectivity index (χ1) is 13.4. The van der Waals surface area contributed by atoms with Gasteiger partial charge < -0.3 is 11.2 Å². The number of amides is 1. The van der Waals surface area contributed by atoms with Gasteiger partial charge in [-0.05, 0) is 50.2 Å². The number of rotatable bonds is 6. The van der Waals surface area contributed by atoms with Crippen LogP contribution in [0, 0.1) is 0 Å². The molecule has 0 aliphatic carbocycles. The fraction of sp³-hybridized carbons (Fsp3) is 0.158. The first-order valence-corrected chi connectivity index (χ1v) is 9.66. The van der Waals surface area contributed by atoms with E-state index in [1.54, 1.807) is 43.3 Å². The van der Waals surface area contributed by atoms with Crippen molar-refractivity contribution in [1.29, 1.82) is 0 Å². The fourth-order valence-electron chi connectivity index (χ4n) is 2.43. The molecule has 0 bridgehead atoms. The van der Waals surface area contributed by atoms with Crippen LogP contribution in [-0.4, -0.2) is 31.8 Å². The Morgan fingerprint density at radius 1 is 1.14 bits per heavy atom. The summed E-state index contributed by atoms with van der Waals surface area (Å²) in [6.45, 7) is 3.24. The number of nitrogens with one attached hydrogen (secondary N) is 1. The van der Waals surface area contributed by atoms with Gasteiger partial charge in [-0.2, -0.15) is 0 Å². The molecule has 0 aliphatic rings. The lowest BCUT2D eigenvalue weighted by atomic mass is 10.1. The van der Waals surface area contributed by atoms with Gasteiger partial charge in [-0.1, -0.05) is 35.5 Å². The number of carbonyl (C=O) groups is 2. The van der Waals surface area contributed by atoms with Crippen LogP contribution in [0.1, 0.15) is 24.2 Å². The number of nitrogens with zero attached hydrogens (tertiary/aromatic N) is 3. The SMILES string of the molecule is CC(=O)c1ccc(NC(=O)[C@H](C)Sc2nnc(-c3ccccc3Cl)n2N)cc1. The number of nitrogen functional groups attached to an aromatic ring is 1. The number of hydrogen-bond acceptors (Lipinski definition) is 6. The van der Waals surface area contributed by atoms with Crippen molar-refractivity contribution in [2.24, 2.45) is 0 Å². The number of benzene rings is 2. The third-order valence-corrected chi connectivity index (χ3v) is 5.38. The van der Waals surface area contributed by atoms with Crippen molar-refractivity contribution >= 4 is 40.7 Å². The van der Waals surface area contributed by atoms with Crippen molar-refractivity contribution in [1.82, 2.24) is 14.9 Å². The molecular weight excluding hydrogens is 398 g/mol. The highest BCUT2D eigenvalue weighted by molar-refractivity contribution is 8.00. The zero-order chi connectivity index (χ0) is 20.3. The zero-order valence-corrected chi connectivity index (χ0v) is 16.8. The lowest BCUT2D eigenvalue weighted by molar-refractivity contribution is -0.115. The lowest BCUT2D eigenvalue weighted by Crippen LogP contribution is -2.23. The Morgan fingerprint density at radius 2 is 1.82 bits per heavy atom. The van der Waals surface area contributed by atoms with Crippen LogP contribution >= 0.6 is 23.4 Å². The van der Waals surface area contributed by atoms with E-state index >= 15 is 0 Å². The summed E-state index contributed by atoms with van der Waals surface area (Å²) in [7, 11) is 0. The molecule has 0 spiro atoms. The van der Waals surface area contributed by atoms with Gasteiger partial charge in [0.25, 0.3) is 0 Å². The van der Waals surface area contributed by atoms with Gasteiger partial charge in [0.05, 0.1) is 10.3 Å². The van der Waals surface area contributed by atoms with E-state index in [9.17, 15) is 9.59 Å². The van der Waals surface area contributed by atoms with Gasteiger partial charge in [-0.15, -0.1) is 10.2 Å². The van der Waals surface area contributed by atoms with Crippen LogP contribution in [0.2, 0.25) is 5.02 Å². The monoisotopic (exact) mass is 415 g/mol. The number of halogens is 1. The van der Waals surface area contributed by atoms with Crippen molar-refractivity contribution in [3.8, 4) is 11.4 Å². The molecule has 0 unspecified atom stereocenters. The summed E-state index contributed by atoms with van der Waals surface area (Å²) >= 11 is 7.37. The number of carbonyl (C=O) groups excluding carboxylic acids is 2. The van der Waals surface area contributed by atoms with Gasteiger partial charge in [-0.25, -0.2) is 4.68 Å². The standard InChI is InChI=1S/C19H18ClN5O2S/c1-11(26)13-7-9-14(10-8-13)22-18(27)12(2)28-19-24-23-17(25(19)21)15-5-3-4-6-16(15)20/h3-10,12H,21H2,1-2H3,(H,22,27)/t12-/m0/s1. The van der Waals surface area contributed by atoms with Crippen LogP contribution in [0.4, 0.5) is 5.69 Å².